The van der Waals surface area contributed by atoms with E-state index in [2.05, 4.69) is 49.8 Å². The zero-order chi connectivity index (χ0) is 17.3. The van der Waals surface area contributed by atoms with Crippen molar-refractivity contribution in [3.05, 3.63) is 41.5 Å². The molecule has 0 atom stereocenters. The van der Waals surface area contributed by atoms with Crippen LogP contribution in [0, 0.1) is 11.3 Å². The van der Waals surface area contributed by atoms with Crippen molar-refractivity contribution in [2.45, 2.75) is 19.8 Å². The van der Waals surface area contributed by atoms with Gasteiger partial charge in [0.25, 0.3) is 0 Å². The minimum atomic E-state index is 0.268. The molecule has 0 fully saturated rings. The Labute approximate surface area is 142 Å². The molecule has 0 radical (unpaired) electrons. The fourth-order valence-electron chi connectivity index (χ4n) is 2.99. The molecule has 0 aliphatic heterocycles. The molecule has 24 heavy (non-hydrogen) atoms. The number of likely N-dealkylation sites (N-methyl/N-ethyl adjacent to an activating group) is 1. The number of benzene rings is 1. The molecule has 2 N–H and O–H groups in total. The van der Waals surface area contributed by atoms with Crippen LogP contribution < -0.4 is 10.2 Å². The van der Waals surface area contributed by atoms with Gasteiger partial charge in [0, 0.05) is 0 Å². The second kappa shape index (κ2) is 6.50. The number of rotatable bonds is 5. The zero-order valence-corrected chi connectivity index (χ0v) is 14.7. The van der Waals surface area contributed by atoms with E-state index < -0.39 is 0 Å². The summed E-state index contributed by atoms with van der Waals surface area (Å²) in [5.41, 5.74) is 4.39. The molecule has 0 unspecified atom stereocenters. The maximum absolute atomic E-state index is 9.70. The Morgan fingerprint density at radius 3 is 2.71 bits per heavy atom. The van der Waals surface area contributed by atoms with Gasteiger partial charge in [0.05, 0.1) is 43.8 Å². The smallest absolute Gasteiger partial charge is 0.157 e. The van der Waals surface area contributed by atoms with Crippen LogP contribution in [0.2, 0.25) is 0 Å². The molecular formula is C19H24N5+. The molecule has 2 heterocycles. The van der Waals surface area contributed by atoms with Crippen molar-refractivity contribution in [3.63, 3.8) is 0 Å². The standard InChI is InChI=1S/C19H23N5/c1-13(2)14-11-18(21-9-10-23(3)4)24-17-8-6-5-7-16(17)22-19(24)15(14)12-20/h5-8,11,13,21H,9-10H2,1-4H3/p+1. The molecule has 3 rings (SSSR count). The first kappa shape index (κ1) is 16.3. The Balaban J connectivity index is 2.25. The second-order valence-corrected chi connectivity index (χ2v) is 6.77. The highest BCUT2D eigenvalue weighted by Crippen LogP contribution is 2.30. The minimum Gasteiger partial charge on any atom is -0.365 e. The molecule has 1 aromatic carbocycles. The summed E-state index contributed by atoms with van der Waals surface area (Å²) >= 11 is 0. The van der Waals surface area contributed by atoms with Crippen LogP contribution in [0.5, 0.6) is 0 Å². The normalized spacial score (nSPS) is 11.5. The molecule has 5 heteroatoms. The Morgan fingerprint density at radius 2 is 2.04 bits per heavy atom. The summed E-state index contributed by atoms with van der Waals surface area (Å²) in [6.07, 6.45) is 0. The zero-order valence-electron chi connectivity index (χ0n) is 14.7. The third-order valence-corrected chi connectivity index (χ3v) is 4.27. The molecular weight excluding hydrogens is 298 g/mol. The number of imidazole rings is 1. The Morgan fingerprint density at radius 1 is 1.29 bits per heavy atom. The lowest BCUT2D eigenvalue weighted by Crippen LogP contribution is -3.06. The number of hydrogen-bond acceptors (Lipinski definition) is 3. The van der Waals surface area contributed by atoms with E-state index in [0.29, 0.717) is 5.56 Å². The first-order valence-corrected chi connectivity index (χ1v) is 8.40. The summed E-state index contributed by atoms with van der Waals surface area (Å²) in [6, 6.07) is 12.5. The number of anilines is 1. The quantitative estimate of drug-likeness (QED) is 0.756. The first-order valence-electron chi connectivity index (χ1n) is 8.40. The van der Waals surface area contributed by atoms with Crippen LogP contribution in [0.4, 0.5) is 5.82 Å². The van der Waals surface area contributed by atoms with Gasteiger partial charge in [-0.05, 0) is 29.7 Å². The third-order valence-electron chi connectivity index (χ3n) is 4.27. The SMILES string of the molecule is CC(C)c1cc(NCC[NH+](C)C)n2c(nc3ccccc32)c1C#N. The van der Waals surface area contributed by atoms with Crippen molar-refractivity contribution >= 4 is 22.5 Å². The van der Waals surface area contributed by atoms with Gasteiger partial charge in [0.2, 0.25) is 0 Å². The summed E-state index contributed by atoms with van der Waals surface area (Å²) in [6.45, 7) is 6.12. The van der Waals surface area contributed by atoms with Gasteiger partial charge in [-0.1, -0.05) is 26.0 Å². The van der Waals surface area contributed by atoms with E-state index in [4.69, 9.17) is 4.98 Å². The fraction of sp³-hybridized carbons (Fsp3) is 0.368. The highest BCUT2D eigenvalue weighted by molar-refractivity contribution is 5.85. The Kier molecular flexibility index (Phi) is 4.41. The molecule has 0 aliphatic rings. The lowest BCUT2D eigenvalue weighted by molar-refractivity contribution is -0.856. The Hall–Kier alpha value is -2.58. The maximum atomic E-state index is 9.70. The second-order valence-electron chi connectivity index (χ2n) is 6.77. The highest BCUT2D eigenvalue weighted by Gasteiger charge is 2.18. The van der Waals surface area contributed by atoms with E-state index in [1.165, 1.54) is 4.90 Å². The molecule has 0 saturated heterocycles. The summed E-state index contributed by atoms with van der Waals surface area (Å²) in [4.78, 5) is 6.12. The van der Waals surface area contributed by atoms with E-state index in [0.717, 1.165) is 41.2 Å². The van der Waals surface area contributed by atoms with E-state index >= 15 is 0 Å². The van der Waals surface area contributed by atoms with Gasteiger partial charge in [-0.15, -0.1) is 0 Å². The van der Waals surface area contributed by atoms with Gasteiger partial charge in [-0.3, -0.25) is 4.40 Å². The van der Waals surface area contributed by atoms with Crippen LogP contribution in [0.15, 0.2) is 30.3 Å². The maximum Gasteiger partial charge on any atom is 0.157 e. The minimum absolute atomic E-state index is 0.268. The summed E-state index contributed by atoms with van der Waals surface area (Å²) in [5.74, 6) is 1.27. The van der Waals surface area contributed by atoms with Crippen LogP contribution in [0.3, 0.4) is 0 Å². The fourth-order valence-corrected chi connectivity index (χ4v) is 2.99. The molecule has 124 valence electrons. The molecule has 3 aromatic rings. The predicted octanol–water partition coefficient (Wildman–Crippen LogP) is 2.04. The average Bonchev–Trinajstić information content (AvgIpc) is 2.93. The largest absolute Gasteiger partial charge is 0.365 e. The molecule has 0 bridgehead atoms. The van der Waals surface area contributed by atoms with Gasteiger partial charge in [-0.2, -0.15) is 5.26 Å². The van der Waals surface area contributed by atoms with Crippen molar-refractivity contribution in [3.8, 4) is 6.07 Å². The molecule has 2 aromatic heterocycles. The monoisotopic (exact) mass is 322 g/mol. The number of aromatic nitrogens is 2. The van der Waals surface area contributed by atoms with E-state index in [9.17, 15) is 5.26 Å². The first-order chi connectivity index (χ1) is 11.5. The van der Waals surface area contributed by atoms with Crippen molar-refractivity contribution in [1.82, 2.24) is 9.38 Å². The number of fused-ring (bicyclic) bond motifs is 3. The summed E-state index contributed by atoms with van der Waals surface area (Å²) in [5, 5.41) is 13.2. The van der Waals surface area contributed by atoms with Gasteiger partial charge >= 0.3 is 0 Å². The lowest BCUT2D eigenvalue weighted by atomic mass is 9.99. The molecule has 5 nitrogen and oxygen atoms in total. The van der Waals surface area contributed by atoms with E-state index in [1.807, 2.05) is 24.3 Å². The van der Waals surface area contributed by atoms with Crippen molar-refractivity contribution in [1.29, 1.82) is 5.26 Å². The topological polar surface area (TPSA) is 57.6 Å². The highest BCUT2D eigenvalue weighted by atomic mass is 15.1. The van der Waals surface area contributed by atoms with Crippen LogP contribution >= 0.6 is 0 Å². The molecule has 0 saturated carbocycles. The number of para-hydroxylation sites is 2. The van der Waals surface area contributed by atoms with Crippen LogP contribution in [-0.2, 0) is 0 Å². The summed E-state index contributed by atoms with van der Waals surface area (Å²) in [7, 11) is 4.28. The van der Waals surface area contributed by atoms with Crippen LogP contribution in [0.1, 0.15) is 30.9 Å². The lowest BCUT2D eigenvalue weighted by Gasteiger charge is -2.16. The van der Waals surface area contributed by atoms with Crippen molar-refractivity contribution < 1.29 is 4.90 Å². The number of quaternary nitrogens is 1. The number of hydrogen-bond donors (Lipinski definition) is 2. The van der Waals surface area contributed by atoms with Gasteiger partial charge < -0.3 is 10.2 Å². The number of nitrogens with zero attached hydrogens (tertiary/aromatic N) is 3. The number of pyridine rings is 1. The van der Waals surface area contributed by atoms with Gasteiger partial charge in [0.1, 0.15) is 11.9 Å². The van der Waals surface area contributed by atoms with Crippen LogP contribution in [-0.4, -0.2) is 36.6 Å². The van der Waals surface area contributed by atoms with E-state index in [1.54, 1.807) is 0 Å². The average molecular weight is 322 g/mol. The third kappa shape index (κ3) is 2.81. The summed E-state index contributed by atoms with van der Waals surface area (Å²) < 4.78 is 2.07. The van der Waals surface area contributed by atoms with Crippen LogP contribution in [0.25, 0.3) is 16.7 Å². The van der Waals surface area contributed by atoms with Crippen molar-refractivity contribution in [2.24, 2.45) is 0 Å². The molecule has 0 spiro atoms. The van der Waals surface area contributed by atoms with E-state index in [-0.39, 0.29) is 5.92 Å². The predicted molar refractivity (Wildman–Crippen MR) is 97.7 cm³/mol. The molecule has 0 amide bonds. The molecule has 0 aliphatic carbocycles. The number of nitriles is 1. The van der Waals surface area contributed by atoms with Crippen molar-refractivity contribution in [2.75, 3.05) is 32.5 Å². The van der Waals surface area contributed by atoms with Gasteiger partial charge in [0.15, 0.2) is 5.65 Å². The number of nitrogens with one attached hydrogen (secondary N) is 2. The Bertz CT molecular complexity index is 915. The van der Waals surface area contributed by atoms with Gasteiger partial charge in [-0.25, -0.2) is 4.98 Å².